The van der Waals surface area contributed by atoms with Crippen molar-refractivity contribution in [2.24, 2.45) is 11.8 Å². The molecule has 0 aromatic heterocycles. The van der Waals surface area contributed by atoms with Gasteiger partial charge in [-0.2, -0.15) is 0 Å². The number of alkyl carbamates (subject to hydrolysis) is 1. The van der Waals surface area contributed by atoms with E-state index in [4.69, 9.17) is 9.84 Å². The molecule has 1 saturated heterocycles. The van der Waals surface area contributed by atoms with Gasteiger partial charge in [0.15, 0.2) is 0 Å². The molecule has 184 valence electrons. The summed E-state index contributed by atoms with van der Waals surface area (Å²) in [6.07, 6.45) is 3.60. The standard InChI is InChI=1S/C28H32N2O5/c31-26(30-13-11-19(12-14-30)27(32)33)16-18-9-10-20(15-18)29-28(34)35-17-25-23-7-3-1-5-21(23)22-6-2-4-8-24(22)25/h1-8,18-20,25H,9-17H2,(H,29,34)(H,32,33)/t18-,20+/m1/s1. The van der Waals surface area contributed by atoms with E-state index in [2.05, 4.69) is 29.6 Å². The maximum atomic E-state index is 12.7. The van der Waals surface area contributed by atoms with Crippen molar-refractivity contribution in [2.75, 3.05) is 19.7 Å². The van der Waals surface area contributed by atoms with Crippen LogP contribution in [0.15, 0.2) is 48.5 Å². The molecule has 0 bridgehead atoms. The van der Waals surface area contributed by atoms with Crippen molar-refractivity contribution >= 4 is 18.0 Å². The summed E-state index contributed by atoms with van der Waals surface area (Å²) in [5, 5.41) is 12.1. The fourth-order valence-corrected chi connectivity index (χ4v) is 5.95. The molecule has 1 aliphatic heterocycles. The Labute approximate surface area is 205 Å². The van der Waals surface area contributed by atoms with Crippen molar-refractivity contribution < 1.29 is 24.2 Å². The Morgan fingerprint density at radius 3 is 2.17 bits per heavy atom. The van der Waals surface area contributed by atoms with Gasteiger partial charge in [0.2, 0.25) is 5.91 Å². The molecule has 0 radical (unpaired) electrons. The summed E-state index contributed by atoms with van der Waals surface area (Å²) in [5.74, 6) is -0.738. The largest absolute Gasteiger partial charge is 0.481 e. The minimum absolute atomic E-state index is 0.0150. The quantitative estimate of drug-likeness (QED) is 0.644. The number of amides is 2. The van der Waals surface area contributed by atoms with Crippen LogP contribution >= 0.6 is 0 Å². The van der Waals surface area contributed by atoms with Crippen molar-refractivity contribution in [3.8, 4) is 11.1 Å². The summed E-state index contributed by atoms with van der Waals surface area (Å²) in [7, 11) is 0. The van der Waals surface area contributed by atoms with Crippen LogP contribution in [0.3, 0.4) is 0 Å². The molecule has 2 aromatic rings. The molecule has 0 spiro atoms. The lowest BCUT2D eigenvalue weighted by Gasteiger charge is -2.31. The van der Waals surface area contributed by atoms with Gasteiger partial charge in [-0.15, -0.1) is 0 Å². The molecule has 7 heteroatoms. The lowest BCUT2D eigenvalue weighted by molar-refractivity contribution is -0.145. The first-order valence-electron chi connectivity index (χ1n) is 12.6. The number of benzene rings is 2. The second-order valence-electron chi connectivity index (χ2n) is 10.0. The molecule has 2 amide bonds. The molecule has 7 nitrogen and oxygen atoms in total. The van der Waals surface area contributed by atoms with E-state index in [1.165, 1.54) is 22.3 Å². The number of piperidine rings is 1. The zero-order valence-corrected chi connectivity index (χ0v) is 19.8. The molecule has 1 heterocycles. The van der Waals surface area contributed by atoms with E-state index in [1.54, 1.807) is 4.90 Å². The average molecular weight is 477 g/mol. The normalized spacial score (nSPS) is 21.9. The van der Waals surface area contributed by atoms with Crippen LogP contribution < -0.4 is 5.32 Å². The van der Waals surface area contributed by atoms with Crippen LogP contribution in [0.4, 0.5) is 4.79 Å². The number of likely N-dealkylation sites (tertiary alicyclic amines) is 1. The van der Waals surface area contributed by atoms with Gasteiger partial charge in [-0.05, 0) is 60.3 Å². The Bertz CT molecular complexity index is 1060. The highest BCUT2D eigenvalue weighted by atomic mass is 16.5. The van der Waals surface area contributed by atoms with E-state index >= 15 is 0 Å². The van der Waals surface area contributed by atoms with E-state index in [0.717, 1.165) is 19.3 Å². The average Bonchev–Trinajstić information content (AvgIpc) is 3.44. The summed E-state index contributed by atoms with van der Waals surface area (Å²) in [5.41, 5.74) is 4.78. The third-order valence-electron chi connectivity index (χ3n) is 7.87. The Kier molecular flexibility index (Phi) is 6.75. The molecule has 0 unspecified atom stereocenters. The molecule has 3 aliphatic rings. The van der Waals surface area contributed by atoms with Crippen LogP contribution in [0.1, 0.15) is 55.6 Å². The fourth-order valence-electron chi connectivity index (χ4n) is 5.95. The van der Waals surface area contributed by atoms with Crippen LogP contribution in [0.25, 0.3) is 11.1 Å². The number of rotatable bonds is 6. The topological polar surface area (TPSA) is 95.9 Å². The first-order chi connectivity index (χ1) is 17.0. The minimum atomic E-state index is -0.768. The smallest absolute Gasteiger partial charge is 0.407 e. The van der Waals surface area contributed by atoms with E-state index in [1.807, 2.05) is 24.3 Å². The number of ether oxygens (including phenoxy) is 1. The molecule has 2 N–H and O–H groups in total. The maximum absolute atomic E-state index is 12.7. The van der Waals surface area contributed by atoms with Gasteiger partial charge in [-0.1, -0.05) is 48.5 Å². The van der Waals surface area contributed by atoms with Crippen molar-refractivity contribution in [1.82, 2.24) is 10.2 Å². The Hall–Kier alpha value is -3.35. The number of fused-ring (bicyclic) bond motifs is 3. The van der Waals surface area contributed by atoms with E-state index in [9.17, 15) is 14.4 Å². The second-order valence-corrected chi connectivity index (χ2v) is 10.0. The van der Waals surface area contributed by atoms with Gasteiger partial charge in [0.1, 0.15) is 6.61 Å². The van der Waals surface area contributed by atoms with E-state index < -0.39 is 12.1 Å². The third-order valence-corrected chi connectivity index (χ3v) is 7.87. The molecular weight excluding hydrogens is 444 g/mol. The molecule has 1 saturated carbocycles. The fraction of sp³-hybridized carbons (Fsp3) is 0.464. The molecule has 2 atom stereocenters. The summed E-state index contributed by atoms with van der Waals surface area (Å²) in [6.45, 7) is 1.33. The summed E-state index contributed by atoms with van der Waals surface area (Å²) in [4.78, 5) is 38.2. The summed E-state index contributed by atoms with van der Waals surface area (Å²) in [6, 6.07) is 16.5. The van der Waals surface area contributed by atoms with Crippen LogP contribution in [0.5, 0.6) is 0 Å². The predicted octanol–water partition coefficient (Wildman–Crippen LogP) is 4.41. The Morgan fingerprint density at radius 2 is 1.54 bits per heavy atom. The monoisotopic (exact) mass is 476 g/mol. The number of nitrogens with one attached hydrogen (secondary N) is 1. The van der Waals surface area contributed by atoms with E-state index in [-0.39, 0.29) is 29.7 Å². The van der Waals surface area contributed by atoms with Crippen LogP contribution in [0, 0.1) is 11.8 Å². The van der Waals surface area contributed by atoms with Crippen molar-refractivity contribution in [3.05, 3.63) is 59.7 Å². The number of hydrogen-bond donors (Lipinski definition) is 2. The third kappa shape index (κ3) is 5.04. The van der Waals surface area contributed by atoms with Gasteiger partial charge >= 0.3 is 12.1 Å². The van der Waals surface area contributed by atoms with Crippen LogP contribution in [0.2, 0.25) is 0 Å². The number of carboxylic acids is 1. The molecule has 2 aromatic carbocycles. The molecule has 2 fully saturated rings. The van der Waals surface area contributed by atoms with Crippen LogP contribution in [-0.4, -0.2) is 53.7 Å². The van der Waals surface area contributed by atoms with Gasteiger partial charge in [-0.25, -0.2) is 4.79 Å². The second kappa shape index (κ2) is 10.1. The number of carboxylic acid groups (broad SMARTS) is 1. The van der Waals surface area contributed by atoms with Crippen molar-refractivity contribution in [3.63, 3.8) is 0 Å². The van der Waals surface area contributed by atoms with Crippen molar-refractivity contribution in [2.45, 2.75) is 50.5 Å². The molecular formula is C28H32N2O5. The number of carbonyl (C=O) groups is 3. The highest BCUT2D eigenvalue weighted by molar-refractivity contribution is 5.79. The Balaban J connectivity index is 1.08. The van der Waals surface area contributed by atoms with Gasteiger partial charge < -0.3 is 20.1 Å². The zero-order chi connectivity index (χ0) is 24.4. The number of aliphatic carboxylic acids is 1. The van der Waals surface area contributed by atoms with Gasteiger partial charge in [-0.3, -0.25) is 9.59 Å². The number of hydrogen-bond acceptors (Lipinski definition) is 4. The predicted molar refractivity (Wildman–Crippen MR) is 131 cm³/mol. The van der Waals surface area contributed by atoms with Crippen molar-refractivity contribution in [1.29, 1.82) is 0 Å². The first-order valence-corrected chi connectivity index (χ1v) is 12.6. The lowest BCUT2D eigenvalue weighted by atomic mass is 9.96. The zero-order valence-electron chi connectivity index (χ0n) is 19.8. The van der Waals surface area contributed by atoms with Gasteiger partial charge in [0, 0.05) is 31.5 Å². The Morgan fingerprint density at radius 1 is 0.914 bits per heavy atom. The molecule has 35 heavy (non-hydrogen) atoms. The van der Waals surface area contributed by atoms with Gasteiger partial charge in [0.25, 0.3) is 0 Å². The minimum Gasteiger partial charge on any atom is -0.481 e. The molecule has 2 aliphatic carbocycles. The highest BCUT2D eigenvalue weighted by Crippen LogP contribution is 2.44. The van der Waals surface area contributed by atoms with E-state index in [0.29, 0.717) is 39.0 Å². The molecule has 5 rings (SSSR count). The number of nitrogens with zero attached hydrogens (tertiary/aromatic N) is 1. The van der Waals surface area contributed by atoms with Crippen LogP contribution in [-0.2, 0) is 14.3 Å². The number of carbonyl (C=O) groups excluding carboxylic acids is 2. The first kappa shape index (κ1) is 23.4. The highest BCUT2D eigenvalue weighted by Gasteiger charge is 2.33. The van der Waals surface area contributed by atoms with Gasteiger partial charge in [0.05, 0.1) is 5.92 Å². The SMILES string of the molecule is O=C(N[C@H]1CC[C@@H](CC(=O)N2CCC(C(=O)O)CC2)C1)OCC1c2ccccc2-c2ccccc21. The summed E-state index contributed by atoms with van der Waals surface area (Å²) >= 11 is 0. The lowest BCUT2D eigenvalue weighted by Crippen LogP contribution is -2.40. The maximum Gasteiger partial charge on any atom is 0.407 e. The summed E-state index contributed by atoms with van der Waals surface area (Å²) < 4.78 is 5.67.